The number of halogens is 1. The first kappa shape index (κ1) is 16.3. The number of anilines is 1. The lowest BCUT2D eigenvalue weighted by Gasteiger charge is -2.29. The molecular formula is C18H29FN2. The molecule has 0 atom stereocenters. The van der Waals surface area contributed by atoms with E-state index in [1.807, 2.05) is 6.07 Å². The predicted molar refractivity (Wildman–Crippen MR) is 88.2 cm³/mol. The Bertz CT molecular complexity index is 453. The molecule has 0 heterocycles. The molecule has 0 spiro atoms. The minimum Gasteiger partial charge on any atom is -0.368 e. The van der Waals surface area contributed by atoms with Crippen molar-refractivity contribution in [1.29, 1.82) is 0 Å². The van der Waals surface area contributed by atoms with Gasteiger partial charge in [0.25, 0.3) is 0 Å². The average molecular weight is 292 g/mol. The van der Waals surface area contributed by atoms with Crippen molar-refractivity contribution < 1.29 is 4.39 Å². The second-order valence-electron chi connectivity index (χ2n) is 7.04. The molecule has 0 aliphatic heterocycles. The second kappa shape index (κ2) is 7.26. The van der Waals surface area contributed by atoms with Gasteiger partial charge in [0.15, 0.2) is 0 Å². The molecule has 0 saturated heterocycles. The molecule has 1 fully saturated rings. The van der Waals surface area contributed by atoms with E-state index in [2.05, 4.69) is 44.0 Å². The van der Waals surface area contributed by atoms with Gasteiger partial charge in [-0.1, -0.05) is 33.8 Å². The lowest BCUT2D eigenvalue weighted by Crippen LogP contribution is -2.32. The molecule has 0 unspecified atom stereocenters. The zero-order chi connectivity index (χ0) is 15.4. The van der Waals surface area contributed by atoms with Gasteiger partial charge in [-0.25, -0.2) is 4.39 Å². The van der Waals surface area contributed by atoms with Crippen LogP contribution in [0.25, 0.3) is 0 Å². The van der Waals surface area contributed by atoms with Gasteiger partial charge in [-0.3, -0.25) is 0 Å². The third-order valence-electron chi connectivity index (χ3n) is 3.81. The van der Waals surface area contributed by atoms with Crippen LogP contribution in [-0.2, 0) is 6.54 Å². The third-order valence-corrected chi connectivity index (χ3v) is 3.81. The summed E-state index contributed by atoms with van der Waals surface area (Å²) in [5.74, 6) is 1.08. The van der Waals surface area contributed by atoms with Crippen molar-refractivity contribution in [2.45, 2.75) is 53.1 Å². The minimum atomic E-state index is -0.0850. The van der Waals surface area contributed by atoms with Crippen LogP contribution < -0.4 is 10.2 Å². The Labute approximate surface area is 128 Å². The van der Waals surface area contributed by atoms with Crippen LogP contribution >= 0.6 is 0 Å². The summed E-state index contributed by atoms with van der Waals surface area (Å²) in [7, 11) is 0. The molecule has 3 heteroatoms. The molecule has 2 nitrogen and oxygen atoms in total. The van der Waals surface area contributed by atoms with Crippen LogP contribution in [0.1, 0.15) is 46.1 Å². The van der Waals surface area contributed by atoms with Crippen LogP contribution in [0.2, 0.25) is 0 Å². The molecule has 0 bridgehead atoms. The molecule has 0 radical (unpaired) electrons. The smallest absolute Gasteiger partial charge is 0.129 e. The molecule has 1 aliphatic carbocycles. The van der Waals surface area contributed by atoms with E-state index in [-0.39, 0.29) is 5.82 Å². The summed E-state index contributed by atoms with van der Waals surface area (Å²) in [4.78, 5) is 2.42. The second-order valence-corrected chi connectivity index (χ2v) is 7.04. The number of hydrogen-bond donors (Lipinski definition) is 1. The van der Waals surface area contributed by atoms with Crippen molar-refractivity contribution >= 4 is 5.69 Å². The lowest BCUT2D eigenvalue weighted by molar-refractivity contribution is 0.531. The van der Waals surface area contributed by atoms with Gasteiger partial charge in [-0.15, -0.1) is 0 Å². The van der Waals surface area contributed by atoms with Crippen molar-refractivity contribution in [3.8, 4) is 0 Å². The minimum absolute atomic E-state index is 0.0850. The van der Waals surface area contributed by atoms with E-state index < -0.39 is 0 Å². The van der Waals surface area contributed by atoms with E-state index in [0.717, 1.165) is 24.3 Å². The van der Waals surface area contributed by atoms with E-state index in [9.17, 15) is 4.39 Å². The van der Waals surface area contributed by atoms with E-state index in [4.69, 9.17) is 0 Å². The fraction of sp³-hybridized carbons (Fsp3) is 0.667. The Morgan fingerprint density at radius 2 is 1.90 bits per heavy atom. The van der Waals surface area contributed by atoms with Crippen LogP contribution in [0.5, 0.6) is 0 Å². The Kier molecular flexibility index (Phi) is 5.63. The highest BCUT2D eigenvalue weighted by molar-refractivity contribution is 5.56. The Morgan fingerprint density at radius 3 is 2.48 bits per heavy atom. The summed E-state index contributed by atoms with van der Waals surface area (Å²) in [5.41, 5.74) is 1.91. The molecule has 0 aromatic heterocycles. The maximum atomic E-state index is 14.3. The first-order chi connectivity index (χ1) is 9.99. The monoisotopic (exact) mass is 292 g/mol. The summed E-state index contributed by atoms with van der Waals surface area (Å²) in [6.07, 6.45) is 2.48. The first-order valence-electron chi connectivity index (χ1n) is 8.23. The molecule has 1 aliphatic rings. The number of benzene rings is 1. The van der Waals surface area contributed by atoms with Gasteiger partial charge in [0, 0.05) is 30.4 Å². The zero-order valence-corrected chi connectivity index (χ0v) is 13.8. The van der Waals surface area contributed by atoms with Crippen molar-refractivity contribution in [2.75, 3.05) is 18.0 Å². The standard InChI is InChI=1S/C18H29FN2/c1-13(2)10-20-11-16-17(19)6-5-7-18(16)21(12-14(3)4)15-8-9-15/h5-7,13-15,20H,8-12H2,1-4H3. The average Bonchev–Trinajstić information content (AvgIpc) is 3.21. The van der Waals surface area contributed by atoms with Crippen molar-refractivity contribution in [2.24, 2.45) is 11.8 Å². The van der Waals surface area contributed by atoms with Gasteiger partial charge >= 0.3 is 0 Å². The number of nitrogens with zero attached hydrogens (tertiary/aromatic N) is 1. The molecule has 1 aromatic carbocycles. The van der Waals surface area contributed by atoms with E-state index in [0.29, 0.717) is 24.4 Å². The summed E-state index contributed by atoms with van der Waals surface area (Å²) < 4.78 is 14.3. The Morgan fingerprint density at radius 1 is 1.19 bits per heavy atom. The quantitative estimate of drug-likeness (QED) is 0.772. The summed E-state index contributed by atoms with van der Waals surface area (Å²) in [6, 6.07) is 6.11. The SMILES string of the molecule is CC(C)CNCc1c(F)cccc1N(CC(C)C)C1CC1. The fourth-order valence-corrected chi connectivity index (χ4v) is 2.70. The molecular weight excluding hydrogens is 263 g/mol. The van der Waals surface area contributed by atoms with Gasteiger partial charge in [-0.2, -0.15) is 0 Å². The molecule has 118 valence electrons. The zero-order valence-electron chi connectivity index (χ0n) is 13.8. The molecule has 1 N–H and O–H groups in total. The van der Waals surface area contributed by atoms with Crippen LogP contribution in [-0.4, -0.2) is 19.1 Å². The Hall–Kier alpha value is -1.09. The van der Waals surface area contributed by atoms with Crippen LogP contribution in [0.15, 0.2) is 18.2 Å². The van der Waals surface area contributed by atoms with Crippen molar-refractivity contribution in [3.63, 3.8) is 0 Å². The normalized spacial score (nSPS) is 15.0. The number of rotatable bonds is 8. The topological polar surface area (TPSA) is 15.3 Å². The highest BCUT2D eigenvalue weighted by Crippen LogP contribution is 2.35. The largest absolute Gasteiger partial charge is 0.368 e. The fourth-order valence-electron chi connectivity index (χ4n) is 2.70. The van der Waals surface area contributed by atoms with Crippen LogP contribution in [0.3, 0.4) is 0 Å². The maximum Gasteiger partial charge on any atom is 0.129 e. The summed E-state index contributed by atoms with van der Waals surface area (Å²) in [6.45, 7) is 11.3. The Balaban J connectivity index is 2.18. The predicted octanol–water partition coefficient (Wildman–Crippen LogP) is 4.20. The molecule has 21 heavy (non-hydrogen) atoms. The van der Waals surface area contributed by atoms with Gasteiger partial charge in [-0.05, 0) is 43.4 Å². The number of hydrogen-bond acceptors (Lipinski definition) is 2. The van der Waals surface area contributed by atoms with E-state index in [1.165, 1.54) is 12.8 Å². The third kappa shape index (κ3) is 4.70. The maximum absolute atomic E-state index is 14.3. The van der Waals surface area contributed by atoms with E-state index in [1.54, 1.807) is 6.07 Å². The molecule has 1 aromatic rings. The lowest BCUT2D eigenvalue weighted by atomic mass is 10.1. The highest BCUT2D eigenvalue weighted by Gasteiger charge is 2.31. The van der Waals surface area contributed by atoms with Crippen LogP contribution in [0, 0.1) is 17.7 Å². The first-order valence-corrected chi connectivity index (χ1v) is 8.23. The molecule has 1 saturated carbocycles. The molecule has 0 amide bonds. The summed E-state index contributed by atoms with van der Waals surface area (Å²) >= 11 is 0. The van der Waals surface area contributed by atoms with E-state index >= 15 is 0 Å². The summed E-state index contributed by atoms with van der Waals surface area (Å²) in [5, 5.41) is 3.38. The van der Waals surface area contributed by atoms with Crippen LogP contribution in [0.4, 0.5) is 10.1 Å². The van der Waals surface area contributed by atoms with Gasteiger partial charge < -0.3 is 10.2 Å². The van der Waals surface area contributed by atoms with Gasteiger partial charge in [0.1, 0.15) is 5.82 Å². The number of nitrogens with one attached hydrogen (secondary N) is 1. The van der Waals surface area contributed by atoms with Gasteiger partial charge in [0.2, 0.25) is 0 Å². The molecule has 2 rings (SSSR count). The van der Waals surface area contributed by atoms with Crippen molar-refractivity contribution in [3.05, 3.63) is 29.6 Å². The van der Waals surface area contributed by atoms with Gasteiger partial charge in [0.05, 0.1) is 0 Å². The highest BCUT2D eigenvalue weighted by atomic mass is 19.1. The van der Waals surface area contributed by atoms with Crippen molar-refractivity contribution in [1.82, 2.24) is 5.32 Å².